The van der Waals surface area contributed by atoms with Crippen molar-refractivity contribution in [2.75, 3.05) is 18.1 Å². The number of carbonyl (C=O) groups excluding carboxylic acids is 4. The predicted octanol–water partition coefficient (Wildman–Crippen LogP) is 1.82. The van der Waals surface area contributed by atoms with Crippen LogP contribution in [-0.4, -0.2) is 50.0 Å². The zero-order chi connectivity index (χ0) is 24.6. The van der Waals surface area contributed by atoms with Gasteiger partial charge in [-0.3, -0.25) is 19.8 Å². The molecule has 0 spiro atoms. The van der Waals surface area contributed by atoms with Crippen LogP contribution in [0.25, 0.3) is 0 Å². The van der Waals surface area contributed by atoms with Crippen molar-refractivity contribution in [1.82, 2.24) is 15.5 Å². The molecule has 1 atom stereocenters. The van der Waals surface area contributed by atoms with E-state index >= 15 is 0 Å². The van der Waals surface area contributed by atoms with Crippen LogP contribution in [-0.2, 0) is 25.0 Å². The van der Waals surface area contributed by atoms with Crippen molar-refractivity contribution in [3.63, 3.8) is 0 Å². The molecule has 1 saturated heterocycles. The molecule has 1 aliphatic heterocycles. The molecule has 2 aromatic carbocycles. The molecule has 0 bridgehead atoms. The first-order valence-electron chi connectivity index (χ1n) is 9.94. The monoisotopic (exact) mass is 472 g/mol. The Balaban J connectivity index is 1.67. The van der Waals surface area contributed by atoms with E-state index < -0.39 is 45.8 Å². The number of hydrogen-bond acceptors (Lipinski definition) is 6. The molecule has 6 amide bonds. The van der Waals surface area contributed by atoms with Gasteiger partial charge in [-0.05, 0) is 50.1 Å². The van der Waals surface area contributed by atoms with E-state index in [2.05, 4.69) is 16.0 Å². The van der Waals surface area contributed by atoms with Crippen LogP contribution in [0.15, 0.2) is 47.4 Å². The van der Waals surface area contributed by atoms with E-state index in [1.807, 2.05) is 13.0 Å². The first-order chi connectivity index (χ1) is 15.3. The molecule has 0 saturated carbocycles. The third-order valence-electron chi connectivity index (χ3n) is 5.32. The number of rotatable bonds is 5. The lowest BCUT2D eigenvalue weighted by Crippen LogP contribution is -2.45. The Morgan fingerprint density at radius 3 is 2.27 bits per heavy atom. The number of urea groups is 2. The van der Waals surface area contributed by atoms with Gasteiger partial charge in [0.1, 0.15) is 12.1 Å². The number of benzene rings is 2. The minimum absolute atomic E-state index is 0.0673. The fourth-order valence-corrected chi connectivity index (χ4v) is 4.12. The summed E-state index contributed by atoms with van der Waals surface area (Å²) in [5.74, 6) is -1.55. The molecular weight excluding hydrogens is 448 g/mol. The normalized spacial score (nSPS) is 18.1. The van der Waals surface area contributed by atoms with Gasteiger partial charge in [0.05, 0.1) is 4.90 Å². The van der Waals surface area contributed by atoms with Crippen molar-refractivity contribution in [3.05, 3.63) is 59.2 Å². The second-order valence-electron chi connectivity index (χ2n) is 8.06. The van der Waals surface area contributed by atoms with E-state index in [0.29, 0.717) is 16.2 Å². The molecule has 10 nitrogen and oxygen atoms in total. The van der Waals surface area contributed by atoms with Crippen molar-refractivity contribution in [3.8, 4) is 0 Å². The van der Waals surface area contributed by atoms with Gasteiger partial charge in [-0.2, -0.15) is 0 Å². The molecule has 174 valence electrons. The molecule has 1 unspecified atom stereocenters. The standard InChI is InChI=1S/C22H24N4O6S/c1-13-5-10-17(14(2)11-13)23-20(29)24-18(27)12-26-19(28)22(3,25-21(26)30)15-6-8-16(9-7-15)33(4,31)32/h5-11H,12H2,1-4H3,(H,25,30)(H2,23,24,27,29). The number of aryl methyl sites for hydroxylation is 2. The van der Waals surface area contributed by atoms with Gasteiger partial charge in [-0.1, -0.05) is 29.8 Å². The molecule has 33 heavy (non-hydrogen) atoms. The zero-order valence-electron chi connectivity index (χ0n) is 18.6. The molecular formula is C22H24N4O6S. The number of carbonyl (C=O) groups is 4. The van der Waals surface area contributed by atoms with E-state index in [-0.39, 0.29) is 4.90 Å². The summed E-state index contributed by atoms with van der Waals surface area (Å²) < 4.78 is 23.3. The molecule has 3 N–H and O–H groups in total. The Kier molecular flexibility index (Phi) is 6.28. The van der Waals surface area contributed by atoms with E-state index in [1.165, 1.54) is 31.2 Å². The van der Waals surface area contributed by atoms with Crippen LogP contribution in [0.2, 0.25) is 0 Å². The predicted molar refractivity (Wildman–Crippen MR) is 120 cm³/mol. The van der Waals surface area contributed by atoms with Crippen LogP contribution in [0.4, 0.5) is 15.3 Å². The van der Waals surface area contributed by atoms with Gasteiger partial charge < -0.3 is 10.6 Å². The summed E-state index contributed by atoms with van der Waals surface area (Å²) in [5, 5.41) is 7.17. The van der Waals surface area contributed by atoms with Crippen LogP contribution < -0.4 is 16.0 Å². The third kappa shape index (κ3) is 5.03. The van der Waals surface area contributed by atoms with Gasteiger partial charge in [0, 0.05) is 11.9 Å². The summed E-state index contributed by atoms with van der Waals surface area (Å²) in [4.78, 5) is 50.6. The van der Waals surface area contributed by atoms with Gasteiger partial charge >= 0.3 is 12.1 Å². The van der Waals surface area contributed by atoms with Crippen molar-refractivity contribution >= 4 is 39.4 Å². The highest BCUT2D eigenvalue weighted by molar-refractivity contribution is 7.90. The number of anilines is 1. The van der Waals surface area contributed by atoms with Crippen LogP contribution in [0.3, 0.4) is 0 Å². The zero-order valence-corrected chi connectivity index (χ0v) is 19.4. The van der Waals surface area contributed by atoms with Crippen molar-refractivity contribution in [1.29, 1.82) is 0 Å². The smallest absolute Gasteiger partial charge is 0.319 e. The lowest BCUT2D eigenvalue weighted by molar-refractivity contribution is -0.134. The fraction of sp³-hybridized carbons (Fsp3) is 0.273. The average molecular weight is 473 g/mol. The number of sulfone groups is 1. The maximum Gasteiger partial charge on any atom is 0.325 e. The lowest BCUT2D eigenvalue weighted by Gasteiger charge is -2.22. The van der Waals surface area contributed by atoms with E-state index in [9.17, 15) is 27.6 Å². The van der Waals surface area contributed by atoms with Crippen LogP contribution in [0, 0.1) is 13.8 Å². The molecule has 2 aromatic rings. The maximum absolute atomic E-state index is 13.0. The Morgan fingerprint density at radius 2 is 1.70 bits per heavy atom. The molecule has 1 fully saturated rings. The lowest BCUT2D eigenvalue weighted by atomic mass is 9.92. The van der Waals surface area contributed by atoms with Crippen LogP contribution in [0.1, 0.15) is 23.6 Å². The van der Waals surface area contributed by atoms with Gasteiger partial charge in [-0.25, -0.2) is 18.0 Å². The Labute approximate surface area is 191 Å². The number of imide groups is 2. The van der Waals surface area contributed by atoms with Gasteiger partial charge in [0.15, 0.2) is 9.84 Å². The maximum atomic E-state index is 13.0. The Morgan fingerprint density at radius 1 is 1.06 bits per heavy atom. The molecule has 0 aliphatic carbocycles. The minimum atomic E-state index is -3.43. The largest absolute Gasteiger partial charge is 0.325 e. The highest BCUT2D eigenvalue weighted by Gasteiger charge is 2.49. The second kappa shape index (κ2) is 8.66. The Bertz CT molecular complexity index is 1260. The number of amides is 6. The summed E-state index contributed by atoms with van der Waals surface area (Å²) in [7, 11) is -3.43. The first kappa shape index (κ1) is 23.9. The second-order valence-corrected chi connectivity index (χ2v) is 10.1. The molecule has 0 radical (unpaired) electrons. The van der Waals surface area contributed by atoms with Gasteiger partial charge in [-0.15, -0.1) is 0 Å². The van der Waals surface area contributed by atoms with Crippen LogP contribution >= 0.6 is 0 Å². The van der Waals surface area contributed by atoms with E-state index in [1.54, 1.807) is 19.1 Å². The van der Waals surface area contributed by atoms with E-state index in [0.717, 1.165) is 17.4 Å². The van der Waals surface area contributed by atoms with Gasteiger partial charge in [0.2, 0.25) is 5.91 Å². The van der Waals surface area contributed by atoms with Crippen molar-refractivity contribution in [2.45, 2.75) is 31.2 Å². The SMILES string of the molecule is Cc1ccc(NC(=O)NC(=O)CN2C(=O)NC(C)(c3ccc(S(C)(=O)=O)cc3)C2=O)c(C)c1. The highest BCUT2D eigenvalue weighted by atomic mass is 32.2. The van der Waals surface area contributed by atoms with Crippen molar-refractivity contribution < 1.29 is 27.6 Å². The molecule has 3 rings (SSSR count). The highest BCUT2D eigenvalue weighted by Crippen LogP contribution is 2.29. The summed E-state index contributed by atoms with van der Waals surface area (Å²) in [5.41, 5.74) is 1.20. The van der Waals surface area contributed by atoms with Crippen LogP contribution in [0.5, 0.6) is 0 Å². The van der Waals surface area contributed by atoms with Gasteiger partial charge in [0.25, 0.3) is 5.91 Å². The molecule has 11 heteroatoms. The fourth-order valence-electron chi connectivity index (χ4n) is 3.49. The molecule has 0 aromatic heterocycles. The summed E-state index contributed by atoms with van der Waals surface area (Å²) in [6.07, 6.45) is 1.06. The Hall–Kier alpha value is -3.73. The minimum Gasteiger partial charge on any atom is -0.319 e. The topological polar surface area (TPSA) is 142 Å². The first-order valence-corrected chi connectivity index (χ1v) is 11.8. The summed E-state index contributed by atoms with van der Waals surface area (Å²) in [6.45, 7) is 4.50. The van der Waals surface area contributed by atoms with Crippen molar-refractivity contribution in [2.24, 2.45) is 0 Å². The molecule has 1 aliphatic rings. The number of hydrogen-bond donors (Lipinski definition) is 3. The van der Waals surface area contributed by atoms with E-state index in [4.69, 9.17) is 0 Å². The molecule has 1 heterocycles. The summed E-state index contributed by atoms with van der Waals surface area (Å²) >= 11 is 0. The number of nitrogens with one attached hydrogen (secondary N) is 3. The average Bonchev–Trinajstić information content (AvgIpc) is 2.93. The number of nitrogens with zero attached hydrogens (tertiary/aromatic N) is 1. The quantitative estimate of drug-likeness (QED) is 0.567. The third-order valence-corrected chi connectivity index (χ3v) is 6.45. The summed E-state index contributed by atoms with van der Waals surface area (Å²) in [6, 6.07) is 9.30.